The minimum atomic E-state index is 1.05. The van der Waals surface area contributed by atoms with Crippen molar-refractivity contribution in [3.63, 3.8) is 0 Å². The van der Waals surface area contributed by atoms with Gasteiger partial charge in [0.1, 0.15) is 6.79 Å². The monoisotopic (exact) mass is 440 g/mol. The molecule has 2 heterocycles. The molecule has 0 N–H and O–H groups in total. The molecule has 0 amide bonds. The van der Waals surface area contributed by atoms with Crippen LogP contribution < -0.4 is 0 Å². The molecule has 0 aliphatic heterocycles. The summed E-state index contributed by atoms with van der Waals surface area (Å²) >= 11 is 0. The summed E-state index contributed by atoms with van der Waals surface area (Å²) in [7, 11) is 0. The number of para-hydroxylation sites is 2. The highest BCUT2D eigenvalue weighted by Crippen LogP contribution is 2.27. The van der Waals surface area contributed by atoms with Crippen LogP contribution in [0.5, 0.6) is 0 Å². The van der Waals surface area contributed by atoms with E-state index in [0.717, 1.165) is 11.0 Å². The Morgan fingerprint density at radius 2 is 0.765 bits per heavy atom. The highest BCUT2D eigenvalue weighted by molar-refractivity contribution is 5.95. The molecule has 34 heavy (non-hydrogen) atoms. The van der Waals surface area contributed by atoms with Crippen molar-refractivity contribution in [1.82, 2.24) is 9.97 Å². The van der Waals surface area contributed by atoms with Crippen LogP contribution in [0.1, 0.15) is 0 Å². The summed E-state index contributed by atoms with van der Waals surface area (Å²) in [4.78, 5) is 16.7. The van der Waals surface area contributed by atoms with Crippen molar-refractivity contribution < 1.29 is 4.79 Å². The lowest BCUT2D eigenvalue weighted by molar-refractivity contribution is -0.0979. The third-order valence-corrected chi connectivity index (χ3v) is 5.47. The zero-order chi connectivity index (χ0) is 23.6. The molecule has 0 fully saturated rings. The van der Waals surface area contributed by atoms with Crippen LogP contribution in [-0.4, -0.2) is 16.8 Å². The zero-order valence-corrected chi connectivity index (χ0v) is 18.7. The first-order valence-corrected chi connectivity index (χ1v) is 11.0. The van der Waals surface area contributed by atoms with Gasteiger partial charge in [0.2, 0.25) is 0 Å². The second-order valence-corrected chi connectivity index (χ2v) is 7.48. The van der Waals surface area contributed by atoms with E-state index in [2.05, 4.69) is 94.9 Å². The molecule has 3 heteroatoms. The average Bonchev–Trinajstić information content (AvgIpc) is 2.95. The van der Waals surface area contributed by atoms with Crippen molar-refractivity contribution in [2.75, 3.05) is 0 Å². The number of hydrogen-bond donors (Lipinski definition) is 0. The van der Waals surface area contributed by atoms with E-state index >= 15 is 0 Å². The summed E-state index contributed by atoms with van der Waals surface area (Å²) in [5, 5.41) is 2.41. The number of nitrogens with zero attached hydrogens (tertiary/aromatic N) is 2. The minimum Gasteiger partial charge on any atom is -0.307 e. The Bertz CT molecular complexity index is 1360. The van der Waals surface area contributed by atoms with E-state index < -0.39 is 0 Å². The molecule has 3 nitrogen and oxygen atoms in total. The van der Waals surface area contributed by atoms with Gasteiger partial charge in [0.25, 0.3) is 0 Å². The molecular formula is C31H24N2O. The van der Waals surface area contributed by atoms with Gasteiger partial charge in [-0.15, -0.1) is 0 Å². The van der Waals surface area contributed by atoms with Gasteiger partial charge in [0.15, 0.2) is 0 Å². The van der Waals surface area contributed by atoms with Crippen LogP contribution in [0.3, 0.4) is 0 Å². The number of hydrogen-bond acceptors (Lipinski definition) is 3. The second kappa shape index (κ2) is 11.3. The Balaban J connectivity index is 0.000000150. The van der Waals surface area contributed by atoms with Gasteiger partial charge < -0.3 is 4.79 Å². The summed E-state index contributed by atoms with van der Waals surface area (Å²) in [6.07, 6.45) is 3.73. The van der Waals surface area contributed by atoms with E-state index in [1.54, 1.807) is 0 Å². The maximum absolute atomic E-state index is 8.00. The molecule has 0 aliphatic rings. The van der Waals surface area contributed by atoms with Crippen molar-refractivity contribution in [2.45, 2.75) is 0 Å². The molecule has 4 aromatic carbocycles. The zero-order valence-electron chi connectivity index (χ0n) is 18.7. The summed E-state index contributed by atoms with van der Waals surface area (Å²) in [5.41, 5.74) is 7.05. The van der Waals surface area contributed by atoms with E-state index in [1.807, 2.05) is 55.6 Å². The van der Waals surface area contributed by atoms with Gasteiger partial charge in [-0.05, 0) is 46.5 Å². The van der Waals surface area contributed by atoms with Crippen molar-refractivity contribution in [2.24, 2.45) is 0 Å². The number of rotatable bonds is 2. The lowest BCUT2D eigenvalue weighted by Gasteiger charge is -2.05. The fourth-order valence-corrected chi connectivity index (χ4v) is 3.93. The van der Waals surface area contributed by atoms with E-state index in [-0.39, 0.29) is 0 Å². The fraction of sp³-hybridized carbons (Fsp3) is 0. The molecular weight excluding hydrogens is 416 g/mol. The van der Waals surface area contributed by atoms with Crippen molar-refractivity contribution in [3.05, 3.63) is 134 Å². The highest BCUT2D eigenvalue weighted by Gasteiger charge is 2.03. The molecule has 0 unspecified atom stereocenters. The number of aromatic nitrogens is 2. The summed E-state index contributed by atoms with van der Waals surface area (Å²) in [6.45, 7) is 2.00. The summed E-state index contributed by atoms with van der Waals surface area (Å²) in [5.74, 6) is 0. The number of fused-ring (bicyclic) bond motifs is 2. The number of pyridine rings is 2. The molecule has 0 saturated carbocycles. The summed E-state index contributed by atoms with van der Waals surface area (Å²) < 4.78 is 0. The first-order valence-electron chi connectivity index (χ1n) is 11.0. The Morgan fingerprint density at radius 3 is 1.18 bits per heavy atom. The quantitative estimate of drug-likeness (QED) is 0.278. The SMILES string of the molecule is C=O.c1ccc(-c2ccnc3ccccc23)cc1.c1ccc(-c2ccnc3ccccc23)cc1. The van der Waals surface area contributed by atoms with Crippen molar-refractivity contribution in [3.8, 4) is 22.3 Å². The molecule has 0 spiro atoms. The molecule has 0 aliphatic carbocycles. The van der Waals surface area contributed by atoms with Crippen LogP contribution in [0.25, 0.3) is 44.1 Å². The first kappa shape index (κ1) is 22.6. The van der Waals surface area contributed by atoms with Crippen LogP contribution in [-0.2, 0) is 4.79 Å². The van der Waals surface area contributed by atoms with Crippen LogP contribution in [0.2, 0.25) is 0 Å². The fourth-order valence-electron chi connectivity index (χ4n) is 3.93. The van der Waals surface area contributed by atoms with E-state index in [0.29, 0.717) is 0 Å². The molecule has 0 saturated heterocycles. The number of carbonyl (C=O) groups excluding carboxylic acids is 1. The maximum atomic E-state index is 8.00. The molecule has 6 aromatic rings. The molecule has 0 bridgehead atoms. The van der Waals surface area contributed by atoms with Gasteiger partial charge in [-0.1, -0.05) is 97.1 Å². The lowest BCUT2D eigenvalue weighted by Crippen LogP contribution is -1.83. The van der Waals surface area contributed by atoms with E-state index in [1.165, 1.54) is 33.0 Å². The topological polar surface area (TPSA) is 42.9 Å². The third kappa shape index (κ3) is 5.05. The van der Waals surface area contributed by atoms with Crippen LogP contribution >= 0.6 is 0 Å². The molecule has 0 atom stereocenters. The third-order valence-electron chi connectivity index (χ3n) is 5.47. The maximum Gasteiger partial charge on any atom is 0.106 e. The van der Waals surface area contributed by atoms with Gasteiger partial charge in [0.05, 0.1) is 11.0 Å². The summed E-state index contributed by atoms with van der Waals surface area (Å²) in [6, 6.07) is 41.4. The molecule has 2 aromatic heterocycles. The normalized spacial score (nSPS) is 10.0. The van der Waals surface area contributed by atoms with Gasteiger partial charge in [-0.3, -0.25) is 9.97 Å². The Hall–Kier alpha value is -4.63. The smallest absolute Gasteiger partial charge is 0.106 e. The predicted octanol–water partition coefficient (Wildman–Crippen LogP) is 7.62. The standard InChI is InChI=1S/2C15H11N.CH2O/c2*1-2-6-12(7-3-1)13-10-11-16-15-9-5-4-8-14(13)15;1-2/h2*1-11H;1H2. The van der Waals surface area contributed by atoms with E-state index in [4.69, 9.17) is 4.79 Å². The second-order valence-electron chi connectivity index (χ2n) is 7.48. The van der Waals surface area contributed by atoms with Crippen LogP contribution in [0.4, 0.5) is 0 Å². The Kier molecular flexibility index (Phi) is 7.50. The average molecular weight is 441 g/mol. The Morgan fingerprint density at radius 1 is 0.412 bits per heavy atom. The van der Waals surface area contributed by atoms with Gasteiger partial charge in [-0.2, -0.15) is 0 Å². The number of carbonyl (C=O) groups is 1. The van der Waals surface area contributed by atoms with Gasteiger partial charge in [0, 0.05) is 23.2 Å². The molecule has 164 valence electrons. The first-order chi connectivity index (χ1) is 16.9. The predicted molar refractivity (Wildman–Crippen MR) is 141 cm³/mol. The van der Waals surface area contributed by atoms with Crippen LogP contribution in [0, 0.1) is 0 Å². The van der Waals surface area contributed by atoms with Crippen molar-refractivity contribution >= 4 is 28.6 Å². The Labute approximate surface area is 199 Å². The molecule has 0 radical (unpaired) electrons. The van der Waals surface area contributed by atoms with E-state index in [9.17, 15) is 0 Å². The number of benzene rings is 4. The molecule has 6 rings (SSSR count). The van der Waals surface area contributed by atoms with Crippen molar-refractivity contribution in [1.29, 1.82) is 0 Å². The largest absolute Gasteiger partial charge is 0.307 e. The van der Waals surface area contributed by atoms with Gasteiger partial charge in [-0.25, -0.2) is 0 Å². The minimum absolute atomic E-state index is 1.05. The van der Waals surface area contributed by atoms with Gasteiger partial charge >= 0.3 is 0 Å². The highest BCUT2D eigenvalue weighted by atomic mass is 16.1. The lowest BCUT2D eigenvalue weighted by atomic mass is 10.0. The van der Waals surface area contributed by atoms with Crippen LogP contribution in [0.15, 0.2) is 134 Å².